The van der Waals surface area contributed by atoms with E-state index in [1.807, 2.05) is 18.7 Å². The van der Waals surface area contributed by atoms with Crippen molar-refractivity contribution >= 4 is 72.9 Å². The molecular weight excluding hydrogens is 1000 g/mol. The fourth-order valence-corrected chi connectivity index (χ4v) is 11.4. The highest BCUT2D eigenvalue weighted by Crippen LogP contribution is 2.56. The quantitative estimate of drug-likeness (QED) is 0.0389. The van der Waals surface area contributed by atoms with Crippen LogP contribution in [0.25, 0.3) is 0 Å². The van der Waals surface area contributed by atoms with Gasteiger partial charge in [-0.3, -0.25) is 28.3 Å². The van der Waals surface area contributed by atoms with Gasteiger partial charge in [-0.25, -0.2) is 9.59 Å². The highest BCUT2D eigenvalue weighted by Gasteiger charge is 2.56. The first-order valence-corrected chi connectivity index (χ1v) is 28.0. The molecule has 2 aromatic rings. The highest BCUT2D eigenvalue weighted by molar-refractivity contribution is 7.86. The van der Waals surface area contributed by atoms with Gasteiger partial charge in [-0.05, 0) is 88.4 Å². The zero-order valence-corrected chi connectivity index (χ0v) is 44.1. The van der Waals surface area contributed by atoms with Gasteiger partial charge in [-0.1, -0.05) is 71.1 Å². The Labute approximate surface area is 431 Å². The molecular formula is C52H65N4O16S2+. The number of ether oxygens (including phenoxy) is 2. The molecule has 5 heterocycles. The van der Waals surface area contributed by atoms with E-state index >= 15 is 0 Å². The zero-order valence-electron chi connectivity index (χ0n) is 42.5. The lowest BCUT2D eigenvalue weighted by Crippen LogP contribution is -2.45. The number of nitrogens with zero attached hydrogens (tertiary/aromatic N) is 4. The molecule has 0 saturated carbocycles. The molecule has 5 atom stereocenters. The van der Waals surface area contributed by atoms with Crippen molar-refractivity contribution in [1.29, 1.82) is 0 Å². The van der Waals surface area contributed by atoms with Gasteiger partial charge in [0.25, 0.3) is 49.9 Å². The van der Waals surface area contributed by atoms with Crippen LogP contribution in [0.1, 0.15) is 143 Å². The second kappa shape index (κ2) is 22.5. The lowest BCUT2D eigenvalue weighted by atomic mass is 9.69. The van der Waals surface area contributed by atoms with E-state index < -0.39 is 96.0 Å². The normalized spacial score (nSPS) is 23.3. The smallest absolute Gasteiger partial charge is 0.348 e. The van der Waals surface area contributed by atoms with Crippen molar-refractivity contribution in [3.05, 3.63) is 83.6 Å². The molecule has 7 rings (SSSR count). The van der Waals surface area contributed by atoms with E-state index in [9.17, 15) is 54.7 Å². The zero-order chi connectivity index (χ0) is 53.9. The number of allylic oxidation sites excluding steroid dienone is 6. The summed E-state index contributed by atoms with van der Waals surface area (Å²) in [5.41, 5.74) is -0.0562. The van der Waals surface area contributed by atoms with Crippen LogP contribution in [0, 0.1) is 5.92 Å². The maximum absolute atomic E-state index is 14.6. The fraction of sp³-hybridized carbons (Fsp3) is 0.519. The van der Waals surface area contributed by atoms with E-state index in [0.29, 0.717) is 76.1 Å². The molecule has 3 fully saturated rings. The number of carbonyl (C=O) groups is 6. The minimum atomic E-state index is -4.79. The van der Waals surface area contributed by atoms with E-state index in [0.717, 1.165) is 19.3 Å². The van der Waals surface area contributed by atoms with Crippen molar-refractivity contribution < 1.29 is 78.4 Å². The molecule has 5 aliphatic heterocycles. The SMILES string of the molecule is CCCCCC1OCC(N2\C(=C/C=C/C=C/C3=[N+](C(CCCC)C(=O)ON4C(=O)CCC4=O)c4ccc(S(=O)(=O)O)cc4C3(C)C)C(C)(C(CCCC)C(=O)ON3C(=O)CCC3=O)c3cc(S(=O)(=O)O)ccc32)O1. The summed E-state index contributed by atoms with van der Waals surface area (Å²) in [5.74, 6) is -5.68. The summed E-state index contributed by atoms with van der Waals surface area (Å²) in [5, 5.41) is 0.951. The van der Waals surface area contributed by atoms with E-state index in [1.54, 1.807) is 55.7 Å². The first-order chi connectivity index (χ1) is 35.0. The summed E-state index contributed by atoms with van der Waals surface area (Å²) >= 11 is 0. The van der Waals surface area contributed by atoms with Crippen LogP contribution in [0.2, 0.25) is 0 Å². The maximum atomic E-state index is 14.6. The van der Waals surface area contributed by atoms with Gasteiger partial charge in [-0.15, -0.1) is 10.1 Å². The molecule has 0 aliphatic carbocycles. The number of unbranched alkanes of at least 4 members (excludes halogenated alkanes) is 4. The highest BCUT2D eigenvalue weighted by atomic mass is 32.2. The lowest BCUT2D eigenvalue weighted by molar-refractivity contribution is -0.473. The molecule has 400 valence electrons. The van der Waals surface area contributed by atoms with Gasteiger partial charge in [0, 0.05) is 66.6 Å². The number of rotatable bonds is 22. The van der Waals surface area contributed by atoms with Crippen LogP contribution >= 0.6 is 0 Å². The standard InChI is InChI=1S/C52H64N4O16S2/c1-7-10-14-21-48-69-32-47(70-48)54-39-25-23-34(74(66,67)68)31-37(39)52(6,35(17-11-8-2)49(61)71-55-43(57)26-27-44(55)58)42(54)20-16-13-15-19-41-51(4,5)36-30-33(73(63,64)65)22-24-38(36)53(41)40(18-12-9-3)50(62)72-56-45(59)28-29-46(56)60/h13,15-16,19-20,22-25,30-31,35,40,47-48H,7-12,14,17-18,21,26-29,32H2,1-6H3,(H-,63,64,65,66,67,68)/p+1. The predicted molar refractivity (Wildman–Crippen MR) is 266 cm³/mol. The second-order valence-electron chi connectivity index (χ2n) is 19.7. The van der Waals surface area contributed by atoms with Gasteiger partial charge in [0.05, 0.1) is 27.7 Å². The van der Waals surface area contributed by atoms with Gasteiger partial charge in [-0.2, -0.15) is 21.4 Å². The Kier molecular flexibility index (Phi) is 17.0. The molecule has 5 aliphatic rings. The summed E-state index contributed by atoms with van der Waals surface area (Å²) in [6.45, 7) is 11.3. The summed E-state index contributed by atoms with van der Waals surface area (Å²) in [6.07, 6.45) is 12.4. The van der Waals surface area contributed by atoms with Crippen LogP contribution in [0.15, 0.2) is 82.3 Å². The molecule has 0 aromatic heterocycles. The number of anilines is 1. The molecule has 5 unspecified atom stereocenters. The molecule has 2 N–H and O–H groups in total. The molecule has 4 amide bonds. The van der Waals surface area contributed by atoms with Crippen molar-refractivity contribution in [3.63, 3.8) is 0 Å². The number of imide groups is 2. The Bertz CT molecular complexity index is 2910. The van der Waals surface area contributed by atoms with Gasteiger partial charge in [0.1, 0.15) is 0 Å². The molecule has 20 nitrogen and oxygen atoms in total. The molecule has 0 bridgehead atoms. The molecule has 0 spiro atoms. The Balaban J connectivity index is 1.38. The van der Waals surface area contributed by atoms with E-state index in [2.05, 4.69) is 6.92 Å². The first-order valence-electron chi connectivity index (χ1n) is 25.2. The number of fused-ring (bicyclic) bond motifs is 2. The van der Waals surface area contributed by atoms with Crippen molar-refractivity contribution in [2.24, 2.45) is 5.92 Å². The summed E-state index contributed by atoms with van der Waals surface area (Å²) in [7, 11) is -9.46. The minimum absolute atomic E-state index is 0.0684. The minimum Gasteiger partial charge on any atom is -0.348 e. The van der Waals surface area contributed by atoms with Crippen LogP contribution in [0.3, 0.4) is 0 Å². The molecule has 3 saturated heterocycles. The molecule has 74 heavy (non-hydrogen) atoms. The molecule has 2 aromatic carbocycles. The van der Waals surface area contributed by atoms with Crippen molar-refractivity contribution in [2.75, 3.05) is 11.5 Å². The third-order valence-electron chi connectivity index (χ3n) is 14.4. The Morgan fingerprint density at radius 1 is 0.743 bits per heavy atom. The van der Waals surface area contributed by atoms with Crippen LogP contribution in [0.5, 0.6) is 0 Å². The first kappa shape index (κ1) is 55.8. The number of hydrogen-bond donors (Lipinski definition) is 2. The van der Waals surface area contributed by atoms with Gasteiger partial charge in [0.2, 0.25) is 5.69 Å². The average Bonchev–Trinajstić information content (AvgIpc) is 4.13. The van der Waals surface area contributed by atoms with Crippen molar-refractivity contribution in [3.8, 4) is 0 Å². The second-order valence-corrected chi connectivity index (χ2v) is 22.6. The third kappa shape index (κ3) is 11.2. The summed E-state index contributed by atoms with van der Waals surface area (Å²) in [4.78, 5) is 91.8. The molecule has 22 heteroatoms. The topological polar surface area (TPSA) is 261 Å². The number of carbonyl (C=O) groups excluding carboxylic acids is 6. The number of hydrogen-bond acceptors (Lipinski definition) is 15. The molecule has 0 radical (unpaired) electrons. The summed E-state index contributed by atoms with van der Waals surface area (Å²) < 4.78 is 85.3. The third-order valence-corrected chi connectivity index (χ3v) is 16.1. The van der Waals surface area contributed by atoms with E-state index in [1.165, 1.54) is 36.4 Å². The van der Waals surface area contributed by atoms with Gasteiger partial charge < -0.3 is 24.0 Å². The van der Waals surface area contributed by atoms with Crippen LogP contribution in [0.4, 0.5) is 11.4 Å². The number of benzene rings is 2. The van der Waals surface area contributed by atoms with E-state index in [4.69, 9.17) is 19.1 Å². The van der Waals surface area contributed by atoms with Crippen LogP contribution < -0.4 is 4.90 Å². The van der Waals surface area contributed by atoms with Gasteiger partial charge >= 0.3 is 11.9 Å². The number of hydroxylamine groups is 4. The Hall–Kier alpha value is -5.91. The monoisotopic (exact) mass is 1070 g/mol. The predicted octanol–water partition coefficient (Wildman–Crippen LogP) is 7.19. The van der Waals surface area contributed by atoms with Crippen molar-refractivity contribution in [2.45, 2.75) is 171 Å². The van der Waals surface area contributed by atoms with Crippen LogP contribution in [-0.2, 0) is 79.0 Å². The van der Waals surface area contributed by atoms with Crippen LogP contribution in [-0.4, -0.2) is 107 Å². The largest absolute Gasteiger partial charge is 0.401 e. The fourth-order valence-electron chi connectivity index (χ4n) is 10.4. The Morgan fingerprint density at radius 2 is 1.30 bits per heavy atom. The lowest BCUT2D eigenvalue weighted by Gasteiger charge is -2.37. The van der Waals surface area contributed by atoms with Crippen molar-refractivity contribution in [1.82, 2.24) is 10.1 Å². The average molecular weight is 1070 g/mol. The number of amides is 4. The summed E-state index contributed by atoms with van der Waals surface area (Å²) in [6, 6.07) is 6.94. The maximum Gasteiger partial charge on any atom is 0.401 e. The Morgan fingerprint density at radius 3 is 1.88 bits per heavy atom. The van der Waals surface area contributed by atoms with E-state index in [-0.39, 0.29) is 50.0 Å². The van der Waals surface area contributed by atoms with Gasteiger partial charge in [0.15, 0.2) is 18.2 Å².